The number of amides is 2. The molecule has 0 aromatic rings. The van der Waals surface area contributed by atoms with Gasteiger partial charge in [0.1, 0.15) is 0 Å². The fourth-order valence-corrected chi connectivity index (χ4v) is 5.02. The third kappa shape index (κ3) is 4.97. The second-order valence-electron chi connectivity index (χ2n) is 8.22. The van der Waals surface area contributed by atoms with Gasteiger partial charge in [-0.25, -0.2) is 0 Å². The summed E-state index contributed by atoms with van der Waals surface area (Å²) in [6, 6.07) is 0. The Bertz CT molecular complexity index is 431. The molecule has 24 heavy (non-hydrogen) atoms. The molecule has 3 aliphatic rings. The molecule has 0 spiro atoms. The zero-order valence-corrected chi connectivity index (χ0v) is 15.1. The van der Waals surface area contributed by atoms with Crippen molar-refractivity contribution < 1.29 is 9.59 Å². The van der Waals surface area contributed by atoms with E-state index in [0.29, 0.717) is 19.4 Å². The first-order chi connectivity index (χ1) is 11.7. The molecule has 2 amide bonds. The molecule has 1 saturated heterocycles. The first-order valence-corrected chi connectivity index (χ1v) is 10.3. The molecule has 1 N–H and O–H groups in total. The van der Waals surface area contributed by atoms with Gasteiger partial charge in [0.05, 0.1) is 0 Å². The number of rotatable bonds is 6. The van der Waals surface area contributed by atoms with Gasteiger partial charge in [-0.3, -0.25) is 9.59 Å². The summed E-state index contributed by atoms with van der Waals surface area (Å²) in [5.74, 6) is 2.71. The standard InChI is InChI=1S/C20H34N2O2/c23-19(10-9-16-5-1-2-6-16)21-13-11-20(24)22-14-12-17-7-3-4-8-18(17)15-22/h16-18H,1-15H2,(H,21,23). The molecule has 4 heteroatoms. The van der Waals surface area contributed by atoms with Gasteiger partial charge in [0.2, 0.25) is 11.8 Å². The Balaban J connectivity index is 1.29. The predicted molar refractivity (Wildman–Crippen MR) is 95.5 cm³/mol. The SMILES string of the molecule is O=C(CCC1CCCC1)NCCC(=O)N1CCC2CCCCC2C1. The molecule has 1 aliphatic heterocycles. The van der Waals surface area contributed by atoms with Crippen LogP contribution < -0.4 is 5.32 Å². The van der Waals surface area contributed by atoms with E-state index in [0.717, 1.165) is 37.3 Å². The van der Waals surface area contributed by atoms with Crippen LogP contribution in [0.15, 0.2) is 0 Å². The van der Waals surface area contributed by atoms with Crippen molar-refractivity contribution in [2.45, 2.75) is 77.0 Å². The smallest absolute Gasteiger partial charge is 0.224 e. The summed E-state index contributed by atoms with van der Waals surface area (Å²) in [4.78, 5) is 26.4. The lowest BCUT2D eigenvalue weighted by Crippen LogP contribution is -2.45. The summed E-state index contributed by atoms with van der Waals surface area (Å²) in [6.45, 7) is 2.39. The highest BCUT2D eigenvalue weighted by Crippen LogP contribution is 2.36. The summed E-state index contributed by atoms with van der Waals surface area (Å²) >= 11 is 0. The lowest BCUT2D eigenvalue weighted by Gasteiger charge is -2.41. The molecule has 4 nitrogen and oxygen atoms in total. The number of likely N-dealkylation sites (tertiary alicyclic amines) is 1. The van der Waals surface area contributed by atoms with Crippen LogP contribution in [0.1, 0.15) is 77.0 Å². The van der Waals surface area contributed by atoms with Gasteiger partial charge in [-0.2, -0.15) is 0 Å². The van der Waals surface area contributed by atoms with Gasteiger partial charge < -0.3 is 10.2 Å². The molecule has 3 rings (SSSR count). The Kier molecular flexibility index (Phi) is 6.56. The first-order valence-electron chi connectivity index (χ1n) is 10.3. The van der Waals surface area contributed by atoms with Crippen molar-refractivity contribution in [1.82, 2.24) is 10.2 Å². The highest BCUT2D eigenvalue weighted by atomic mass is 16.2. The summed E-state index contributed by atoms with van der Waals surface area (Å²) < 4.78 is 0. The number of carbonyl (C=O) groups excluding carboxylic acids is 2. The van der Waals surface area contributed by atoms with E-state index >= 15 is 0 Å². The zero-order chi connectivity index (χ0) is 16.8. The lowest BCUT2D eigenvalue weighted by atomic mass is 9.75. The topological polar surface area (TPSA) is 49.4 Å². The van der Waals surface area contributed by atoms with Crippen molar-refractivity contribution in [2.75, 3.05) is 19.6 Å². The Morgan fingerprint density at radius 3 is 2.38 bits per heavy atom. The number of nitrogens with zero attached hydrogens (tertiary/aromatic N) is 1. The summed E-state index contributed by atoms with van der Waals surface area (Å²) in [7, 11) is 0. The van der Waals surface area contributed by atoms with Crippen molar-refractivity contribution >= 4 is 11.8 Å². The number of fused-ring (bicyclic) bond motifs is 1. The minimum absolute atomic E-state index is 0.126. The zero-order valence-electron chi connectivity index (χ0n) is 15.1. The van der Waals surface area contributed by atoms with Crippen molar-refractivity contribution in [1.29, 1.82) is 0 Å². The van der Waals surface area contributed by atoms with Gasteiger partial charge in [0.25, 0.3) is 0 Å². The van der Waals surface area contributed by atoms with Crippen LogP contribution in [0.25, 0.3) is 0 Å². The predicted octanol–water partition coefficient (Wildman–Crippen LogP) is 3.50. The Labute approximate surface area is 146 Å². The molecule has 2 saturated carbocycles. The van der Waals surface area contributed by atoms with E-state index in [-0.39, 0.29) is 11.8 Å². The Morgan fingerprint density at radius 1 is 0.875 bits per heavy atom. The lowest BCUT2D eigenvalue weighted by molar-refractivity contribution is -0.134. The van der Waals surface area contributed by atoms with Gasteiger partial charge in [-0.1, -0.05) is 44.9 Å². The first kappa shape index (κ1) is 17.8. The van der Waals surface area contributed by atoms with E-state index in [1.165, 1.54) is 57.8 Å². The second-order valence-corrected chi connectivity index (χ2v) is 8.22. The van der Waals surface area contributed by atoms with Gasteiger partial charge in [-0.05, 0) is 37.0 Å². The Morgan fingerprint density at radius 2 is 1.58 bits per heavy atom. The van der Waals surface area contributed by atoms with Gasteiger partial charge in [0.15, 0.2) is 0 Å². The van der Waals surface area contributed by atoms with Crippen LogP contribution >= 0.6 is 0 Å². The number of carbonyl (C=O) groups is 2. The van der Waals surface area contributed by atoms with Crippen LogP contribution in [-0.2, 0) is 9.59 Å². The molecule has 1 heterocycles. The van der Waals surface area contributed by atoms with E-state index in [2.05, 4.69) is 10.2 Å². The molecular weight excluding hydrogens is 300 g/mol. The molecule has 136 valence electrons. The fraction of sp³-hybridized carbons (Fsp3) is 0.900. The summed E-state index contributed by atoms with van der Waals surface area (Å²) in [6.07, 6.45) is 13.9. The highest BCUT2D eigenvalue weighted by molar-refractivity contribution is 5.79. The fourth-order valence-electron chi connectivity index (χ4n) is 5.02. The van der Waals surface area contributed by atoms with Crippen molar-refractivity contribution in [3.63, 3.8) is 0 Å². The van der Waals surface area contributed by atoms with E-state index in [4.69, 9.17) is 0 Å². The highest BCUT2D eigenvalue weighted by Gasteiger charge is 2.32. The average Bonchev–Trinajstić information content (AvgIpc) is 3.13. The van der Waals surface area contributed by atoms with Crippen LogP contribution in [0.3, 0.4) is 0 Å². The molecule has 0 aromatic heterocycles. The second kappa shape index (κ2) is 8.87. The van der Waals surface area contributed by atoms with Crippen LogP contribution in [0.5, 0.6) is 0 Å². The molecule has 0 aromatic carbocycles. The summed E-state index contributed by atoms with van der Waals surface area (Å²) in [5, 5.41) is 2.95. The Hall–Kier alpha value is -1.06. The maximum absolute atomic E-state index is 12.4. The van der Waals surface area contributed by atoms with Gasteiger partial charge >= 0.3 is 0 Å². The average molecular weight is 335 g/mol. The van der Waals surface area contributed by atoms with E-state index < -0.39 is 0 Å². The largest absolute Gasteiger partial charge is 0.356 e. The summed E-state index contributed by atoms with van der Waals surface area (Å²) in [5.41, 5.74) is 0. The molecule has 2 atom stereocenters. The third-order valence-corrected chi connectivity index (χ3v) is 6.56. The van der Waals surface area contributed by atoms with E-state index in [9.17, 15) is 9.59 Å². The molecule has 0 radical (unpaired) electrons. The number of hydrogen-bond acceptors (Lipinski definition) is 2. The van der Waals surface area contributed by atoms with Gasteiger partial charge in [-0.15, -0.1) is 0 Å². The minimum atomic E-state index is 0.126. The van der Waals surface area contributed by atoms with Crippen LogP contribution in [0, 0.1) is 17.8 Å². The van der Waals surface area contributed by atoms with Crippen LogP contribution in [-0.4, -0.2) is 36.3 Å². The monoisotopic (exact) mass is 334 g/mol. The quantitative estimate of drug-likeness (QED) is 0.808. The van der Waals surface area contributed by atoms with Crippen molar-refractivity contribution in [3.8, 4) is 0 Å². The van der Waals surface area contributed by atoms with E-state index in [1.807, 2.05) is 0 Å². The third-order valence-electron chi connectivity index (χ3n) is 6.56. The number of hydrogen-bond donors (Lipinski definition) is 1. The van der Waals surface area contributed by atoms with E-state index in [1.54, 1.807) is 0 Å². The molecule has 0 bridgehead atoms. The molecule has 2 aliphatic carbocycles. The normalized spacial score (nSPS) is 27.8. The van der Waals surface area contributed by atoms with Crippen LogP contribution in [0.2, 0.25) is 0 Å². The molecule has 2 unspecified atom stereocenters. The number of nitrogens with one attached hydrogen (secondary N) is 1. The van der Waals surface area contributed by atoms with Gasteiger partial charge in [0, 0.05) is 32.5 Å². The van der Waals surface area contributed by atoms with Crippen LogP contribution in [0.4, 0.5) is 0 Å². The maximum atomic E-state index is 12.4. The van der Waals surface area contributed by atoms with Crippen molar-refractivity contribution in [2.24, 2.45) is 17.8 Å². The molecular formula is C20H34N2O2. The number of piperidine rings is 1. The maximum Gasteiger partial charge on any atom is 0.224 e. The minimum Gasteiger partial charge on any atom is -0.356 e. The van der Waals surface area contributed by atoms with Crippen molar-refractivity contribution in [3.05, 3.63) is 0 Å². The molecule has 3 fully saturated rings.